The molecule has 2 N–H and O–H groups in total. The Morgan fingerprint density at radius 1 is 1.11 bits per heavy atom. The summed E-state index contributed by atoms with van der Waals surface area (Å²) in [5.41, 5.74) is 7.09. The first-order valence-corrected chi connectivity index (χ1v) is 6.70. The number of thiocarbonyl (C=S) groups is 1. The Morgan fingerprint density at radius 2 is 1.74 bits per heavy atom. The highest BCUT2D eigenvalue weighted by Crippen LogP contribution is 2.26. The van der Waals surface area contributed by atoms with Crippen LogP contribution < -0.4 is 10.5 Å². The van der Waals surface area contributed by atoms with Crippen LogP contribution in [0.2, 0.25) is 10.0 Å². The van der Waals surface area contributed by atoms with Gasteiger partial charge in [-0.2, -0.15) is 0 Å². The minimum absolute atomic E-state index is 0.291. The minimum Gasteiger partial charge on any atom is -0.489 e. The van der Waals surface area contributed by atoms with Crippen LogP contribution >= 0.6 is 35.4 Å². The van der Waals surface area contributed by atoms with Crippen LogP contribution in [0, 0.1) is 0 Å². The Kier molecular flexibility index (Phi) is 4.64. The van der Waals surface area contributed by atoms with Gasteiger partial charge in [0.2, 0.25) is 0 Å². The summed E-state index contributed by atoms with van der Waals surface area (Å²) >= 11 is 17.1. The molecule has 19 heavy (non-hydrogen) atoms. The van der Waals surface area contributed by atoms with E-state index in [2.05, 4.69) is 0 Å². The van der Waals surface area contributed by atoms with E-state index in [1.807, 2.05) is 18.2 Å². The van der Waals surface area contributed by atoms with Gasteiger partial charge in [0.15, 0.2) is 0 Å². The van der Waals surface area contributed by atoms with Crippen molar-refractivity contribution >= 4 is 40.4 Å². The summed E-state index contributed by atoms with van der Waals surface area (Å²) in [7, 11) is 0. The van der Waals surface area contributed by atoms with E-state index in [1.165, 1.54) is 0 Å². The van der Waals surface area contributed by atoms with E-state index in [0.717, 1.165) is 11.1 Å². The minimum atomic E-state index is 0.291. The molecule has 0 saturated heterocycles. The molecule has 0 spiro atoms. The number of hydrogen-bond donors (Lipinski definition) is 1. The number of rotatable bonds is 4. The molecular weight excluding hydrogens is 301 g/mol. The third kappa shape index (κ3) is 3.60. The molecule has 0 heterocycles. The van der Waals surface area contributed by atoms with Crippen LogP contribution in [0.3, 0.4) is 0 Å². The highest BCUT2D eigenvalue weighted by atomic mass is 35.5. The first-order chi connectivity index (χ1) is 9.08. The summed E-state index contributed by atoms with van der Waals surface area (Å²) in [5.74, 6) is 0.668. The molecule has 0 atom stereocenters. The zero-order valence-corrected chi connectivity index (χ0v) is 12.2. The van der Waals surface area contributed by atoms with Gasteiger partial charge >= 0.3 is 0 Å². The Balaban J connectivity index is 2.15. The second-order valence-corrected chi connectivity index (χ2v) is 5.14. The fourth-order valence-electron chi connectivity index (χ4n) is 1.56. The number of hydrogen-bond acceptors (Lipinski definition) is 2. The van der Waals surface area contributed by atoms with Crippen LogP contribution in [0.25, 0.3) is 0 Å². The Hall–Kier alpha value is -1.29. The van der Waals surface area contributed by atoms with Gasteiger partial charge in [-0.3, -0.25) is 0 Å². The van der Waals surface area contributed by atoms with Gasteiger partial charge in [0.05, 0.1) is 0 Å². The van der Waals surface area contributed by atoms with Crippen LogP contribution in [-0.4, -0.2) is 4.99 Å². The van der Waals surface area contributed by atoms with Crippen LogP contribution in [0.1, 0.15) is 11.1 Å². The topological polar surface area (TPSA) is 35.2 Å². The lowest BCUT2D eigenvalue weighted by Crippen LogP contribution is -2.09. The van der Waals surface area contributed by atoms with Crippen molar-refractivity contribution in [1.29, 1.82) is 0 Å². The molecule has 0 radical (unpaired) electrons. The molecule has 2 rings (SSSR count). The van der Waals surface area contributed by atoms with Crippen LogP contribution in [0.4, 0.5) is 0 Å². The molecule has 0 saturated carbocycles. The molecule has 0 aliphatic carbocycles. The average Bonchev–Trinajstić information content (AvgIpc) is 2.38. The van der Waals surface area contributed by atoms with E-state index < -0.39 is 0 Å². The molecule has 0 aliphatic rings. The zero-order chi connectivity index (χ0) is 13.8. The number of benzene rings is 2. The predicted molar refractivity (Wildman–Crippen MR) is 83.1 cm³/mol. The van der Waals surface area contributed by atoms with Crippen LogP contribution in [0.5, 0.6) is 5.75 Å². The smallest absolute Gasteiger partial charge is 0.120 e. The van der Waals surface area contributed by atoms with Gasteiger partial charge in [0, 0.05) is 21.2 Å². The zero-order valence-electron chi connectivity index (χ0n) is 9.90. The highest BCUT2D eigenvalue weighted by molar-refractivity contribution is 7.80. The summed E-state index contributed by atoms with van der Waals surface area (Å²) in [6, 6.07) is 12.6. The van der Waals surface area contributed by atoms with E-state index in [4.69, 9.17) is 45.9 Å². The van der Waals surface area contributed by atoms with Gasteiger partial charge < -0.3 is 10.5 Å². The van der Waals surface area contributed by atoms with Crippen LogP contribution in [0.15, 0.2) is 42.5 Å². The molecule has 5 heteroatoms. The van der Waals surface area contributed by atoms with Crippen molar-refractivity contribution in [3.05, 3.63) is 63.6 Å². The molecule has 2 aromatic carbocycles. The molecule has 0 aliphatic heterocycles. The molecule has 0 bridgehead atoms. The van der Waals surface area contributed by atoms with Gasteiger partial charge in [0.25, 0.3) is 0 Å². The second kappa shape index (κ2) is 6.24. The van der Waals surface area contributed by atoms with E-state index in [9.17, 15) is 0 Å². The van der Waals surface area contributed by atoms with E-state index in [1.54, 1.807) is 24.3 Å². The monoisotopic (exact) mass is 311 g/mol. The largest absolute Gasteiger partial charge is 0.489 e. The summed E-state index contributed by atoms with van der Waals surface area (Å²) in [4.78, 5) is 0.334. The highest BCUT2D eigenvalue weighted by Gasteiger charge is 2.06. The van der Waals surface area contributed by atoms with Gasteiger partial charge in [-0.1, -0.05) is 53.6 Å². The van der Waals surface area contributed by atoms with Crippen LogP contribution in [-0.2, 0) is 6.61 Å². The number of halogens is 2. The molecule has 98 valence electrons. The molecular formula is C14H11Cl2NOS. The van der Waals surface area contributed by atoms with Crippen molar-refractivity contribution < 1.29 is 4.74 Å². The fourth-order valence-corrected chi connectivity index (χ4v) is 2.20. The van der Waals surface area contributed by atoms with Gasteiger partial charge in [0.1, 0.15) is 17.3 Å². The lowest BCUT2D eigenvalue weighted by Gasteiger charge is -2.10. The van der Waals surface area contributed by atoms with Crippen molar-refractivity contribution in [1.82, 2.24) is 0 Å². The Bertz CT molecular complexity index is 596. The first-order valence-electron chi connectivity index (χ1n) is 5.53. The lowest BCUT2D eigenvalue weighted by molar-refractivity contribution is 0.306. The molecule has 0 fully saturated rings. The van der Waals surface area contributed by atoms with Gasteiger partial charge in [-0.05, 0) is 24.3 Å². The molecule has 0 aromatic heterocycles. The molecule has 2 nitrogen and oxygen atoms in total. The third-order valence-electron chi connectivity index (χ3n) is 2.56. The summed E-state index contributed by atoms with van der Waals surface area (Å²) in [6.45, 7) is 0.291. The quantitative estimate of drug-likeness (QED) is 0.859. The van der Waals surface area contributed by atoms with Crippen molar-refractivity contribution in [3.8, 4) is 5.75 Å². The number of ether oxygens (including phenoxy) is 1. The van der Waals surface area contributed by atoms with E-state index >= 15 is 0 Å². The van der Waals surface area contributed by atoms with Gasteiger partial charge in [-0.15, -0.1) is 0 Å². The van der Waals surface area contributed by atoms with Gasteiger partial charge in [-0.25, -0.2) is 0 Å². The predicted octanol–water partition coefficient (Wildman–Crippen LogP) is 4.21. The van der Waals surface area contributed by atoms with E-state index in [0.29, 0.717) is 27.4 Å². The molecule has 0 amide bonds. The fraction of sp³-hybridized carbons (Fsp3) is 0.0714. The molecule has 0 unspecified atom stereocenters. The van der Waals surface area contributed by atoms with Crippen molar-refractivity contribution in [2.75, 3.05) is 0 Å². The lowest BCUT2D eigenvalue weighted by atomic mass is 10.2. The SMILES string of the molecule is NC(=S)c1cccc(OCc2c(Cl)cccc2Cl)c1. The summed E-state index contributed by atoms with van der Waals surface area (Å²) in [5, 5.41) is 1.16. The standard InChI is InChI=1S/C14H11Cl2NOS/c15-12-5-2-6-13(16)11(12)8-18-10-4-1-3-9(7-10)14(17)19/h1-7H,8H2,(H2,17,19). The average molecular weight is 312 g/mol. The summed E-state index contributed by atoms with van der Waals surface area (Å²) < 4.78 is 5.66. The van der Waals surface area contributed by atoms with Crippen molar-refractivity contribution in [3.63, 3.8) is 0 Å². The normalized spacial score (nSPS) is 10.2. The maximum atomic E-state index is 6.07. The van der Waals surface area contributed by atoms with Crippen molar-refractivity contribution in [2.24, 2.45) is 5.73 Å². The Labute approximate surface area is 127 Å². The van der Waals surface area contributed by atoms with Crippen molar-refractivity contribution in [2.45, 2.75) is 6.61 Å². The van der Waals surface area contributed by atoms with E-state index in [-0.39, 0.29) is 0 Å². The maximum absolute atomic E-state index is 6.07. The first kappa shape index (κ1) is 14.1. The Morgan fingerprint density at radius 3 is 2.37 bits per heavy atom. The number of nitrogens with two attached hydrogens (primary N) is 1. The third-order valence-corrected chi connectivity index (χ3v) is 3.51. The maximum Gasteiger partial charge on any atom is 0.120 e. The second-order valence-electron chi connectivity index (χ2n) is 3.88. The summed E-state index contributed by atoms with van der Waals surface area (Å²) in [6.07, 6.45) is 0. The molecule has 2 aromatic rings.